The Morgan fingerprint density at radius 2 is 1.96 bits per heavy atom. The van der Waals surface area contributed by atoms with E-state index in [1.807, 2.05) is 23.9 Å². The number of guanidine groups is 1. The van der Waals surface area contributed by atoms with Gasteiger partial charge in [-0.3, -0.25) is 4.99 Å². The summed E-state index contributed by atoms with van der Waals surface area (Å²) in [5.41, 5.74) is 3.68. The van der Waals surface area contributed by atoms with Crippen molar-refractivity contribution in [2.24, 2.45) is 10.9 Å². The van der Waals surface area contributed by atoms with Crippen molar-refractivity contribution in [1.82, 2.24) is 25.3 Å². The van der Waals surface area contributed by atoms with Crippen LogP contribution >= 0.6 is 22.7 Å². The Bertz CT molecular complexity index is 990. The normalized spacial score (nSPS) is 14.1. The molecular formula is C19H23N7S2. The highest BCUT2D eigenvalue weighted by atomic mass is 32.1. The van der Waals surface area contributed by atoms with E-state index in [1.54, 1.807) is 22.7 Å². The number of anilines is 1. The molecule has 0 amide bonds. The Labute approximate surface area is 172 Å². The fourth-order valence-corrected chi connectivity index (χ4v) is 4.45. The third-order valence-electron chi connectivity index (χ3n) is 4.24. The van der Waals surface area contributed by atoms with Crippen LogP contribution in [0.15, 0.2) is 21.9 Å². The van der Waals surface area contributed by atoms with E-state index >= 15 is 0 Å². The van der Waals surface area contributed by atoms with Gasteiger partial charge in [0.2, 0.25) is 0 Å². The quantitative estimate of drug-likeness (QED) is 0.657. The van der Waals surface area contributed by atoms with Gasteiger partial charge >= 0.3 is 0 Å². The summed E-state index contributed by atoms with van der Waals surface area (Å²) >= 11 is 3.14. The summed E-state index contributed by atoms with van der Waals surface area (Å²) in [4.78, 5) is 23.0. The van der Waals surface area contributed by atoms with E-state index in [0.29, 0.717) is 5.92 Å². The van der Waals surface area contributed by atoms with E-state index in [1.165, 1.54) is 0 Å². The first-order valence-corrected chi connectivity index (χ1v) is 11.1. The standard InChI is InChI=1S/C19H23N7S2/c1-11(2)7-16-22-8-13(12(3)23-16)17-24-14(9-27-17)15-10-28-19(25-15)26-18-20-5-4-6-21-18/h8-11H,4-7H2,1-3H3,(H2,20,21,25,26). The molecule has 3 aromatic rings. The zero-order valence-corrected chi connectivity index (χ0v) is 17.8. The van der Waals surface area contributed by atoms with Gasteiger partial charge in [-0.2, -0.15) is 0 Å². The van der Waals surface area contributed by atoms with Crippen LogP contribution in [-0.4, -0.2) is 39.0 Å². The first-order valence-electron chi connectivity index (χ1n) is 9.38. The fraction of sp³-hybridized carbons (Fsp3) is 0.421. The maximum Gasteiger partial charge on any atom is 0.197 e. The molecule has 0 aromatic carbocycles. The Morgan fingerprint density at radius 1 is 1.14 bits per heavy atom. The predicted molar refractivity (Wildman–Crippen MR) is 116 cm³/mol. The third kappa shape index (κ3) is 4.36. The topological polar surface area (TPSA) is 88.0 Å². The zero-order valence-electron chi connectivity index (χ0n) is 16.2. The molecule has 146 valence electrons. The average molecular weight is 414 g/mol. The van der Waals surface area contributed by atoms with Gasteiger partial charge in [-0.05, 0) is 19.3 Å². The number of thiazole rings is 2. The van der Waals surface area contributed by atoms with Gasteiger partial charge in [-0.1, -0.05) is 13.8 Å². The minimum atomic E-state index is 0.541. The number of nitrogens with one attached hydrogen (secondary N) is 2. The molecule has 0 unspecified atom stereocenters. The molecule has 0 atom stereocenters. The number of hydrogen-bond acceptors (Lipinski definition) is 9. The summed E-state index contributed by atoms with van der Waals surface area (Å²) in [6.07, 6.45) is 3.85. The zero-order chi connectivity index (χ0) is 19.5. The molecule has 0 bridgehead atoms. The van der Waals surface area contributed by atoms with Gasteiger partial charge in [0.05, 0.1) is 11.3 Å². The van der Waals surface area contributed by atoms with Crippen LogP contribution in [0.1, 0.15) is 31.8 Å². The molecule has 28 heavy (non-hydrogen) atoms. The van der Waals surface area contributed by atoms with Crippen LogP contribution < -0.4 is 10.6 Å². The van der Waals surface area contributed by atoms with Gasteiger partial charge in [-0.25, -0.2) is 19.9 Å². The minimum absolute atomic E-state index is 0.541. The largest absolute Gasteiger partial charge is 0.356 e. The van der Waals surface area contributed by atoms with Crippen molar-refractivity contribution in [2.75, 3.05) is 18.4 Å². The van der Waals surface area contributed by atoms with Crippen LogP contribution in [0.3, 0.4) is 0 Å². The summed E-state index contributed by atoms with van der Waals surface area (Å²) in [6.45, 7) is 8.16. The van der Waals surface area contributed by atoms with E-state index in [0.717, 1.165) is 70.5 Å². The van der Waals surface area contributed by atoms with Gasteiger partial charge in [0.15, 0.2) is 11.1 Å². The number of hydrogen-bond donors (Lipinski definition) is 2. The molecule has 4 rings (SSSR count). The second-order valence-corrected chi connectivity index (χ2v) is 8.81. The van der Waals surface area contributed by atoms with Gasteiger partial charge in [0.25, 0.3) is 0 Å². The lowest BCUT2D eigenvalue weighted by molar-refractivity contribution is 0.619. The number of aryl methyl sites for hydroxylation is 1. The molecule has 4 heterocycles. The smallest absolute Gasteiger partial charge is 0.197 e. The highest BCUT2D eigenvalue weighted by Gasteiger charge is 2.14. The predicted octanol–water partition coefficient (Wildman–Crippen LogP) is 3.99. The molecular weight excluding hydrogens is 390 g/mol. The molecule has 9 heteroatoms. The van der Waals surface area contributed by atoms with Crippen molar-refractivity contribution in [3.8, 4) is 22.0 Å². The molecule has 1 aliphatic rings. The lowest BCUT2D eigenvalue weighted by Crippen LogP contribution is -2.35. The van der Waals surface area contributed by atoms with Crippen molar-refractivity contribution >= 4 is 33.8 Å². The minimum Gasteiger partial charge on any atom is -0.356 e. The fourth-order valence-electron chi connectivity index (χ4n) is 2.87. The van der Waals surface area contributed by atoms with Crippen LogP contribution in [0.5, 0.6) is 0 Å². The van der Waals surface area contributed by atoms with Crippen molar-refractivity contribution in [1.29, 1.82) is 0 Å². The van der Waals surface area contributed by atoms with Crippen LogP contribution in [0, 0.1) is 12.8 Å². The van der Waals surface area contributed by atoms with E-state index in [9.17, 15) is 0 Å². The Morgan fingerprint density at radius 3 is 2.71 bits per heavy atom. The average Bonchev–Trinajstić information content (AvgIpc) is 3.32. The summed E-state index contributed by atoms with van der Waals surface area (Å²) in [6, 6.07) is 0. The maximum atomic E-state index is 4.77. The molecule has 0 saturated carbocycles. The van der Waals surface area contributed by atoms with Crippen LogP contribution in [0.4, 0.5) is 5.13 Å². The SMILES string of the molecule is Cc1nc(CC(C)C)ncc1-c1nc(-c2csc(NC3=NCCCN3)n2)cs1. The summed E-state index contributed by atoms with van der Waals surface area (Å²) < 4.78 is 0. The molecule has 0 radical (unpaired) electrons. The molecule has 1 aliphatic heterocycles. The highest BCUT2D eigenvalue weighted by molar-refractivity contribution is 7.14. The van der Waals surface area contributed by atoms with Crippen LogP contribution in [0.25, 0.3) is 22.0 Å². The van der Waals surface area contributed by atoms with Crippen molar-refractivity contribution in [3.63, 3.8) is 0 Å². The summed E-state index contributed by atoms with van der Waals surface area (Å²) in [5.74, 6) is 2.22. The Hall–Kier alpha value is -2.39. The number of rotatable bonds is 5. The molecule has 2 N–H and O–H groups in total. The first-order chi connectivity index (χ1) is 13.6. The number of aromatic nitrogens is 4. The van der Waals surface area contributed by atoms with Crippen molar-refractivity contribution < 1.29 is 0 Å². The first kappa shape index (κ1) is 18.9. The second kappa shape index (κ2) is 8.32. The van der Waals surface area contributed by atoms with Gasteiger partial charge in [-0.15, -0.1) is 22.7 Å². The molecule has 0 saturated heterocycles. The molecule has 0 spiro atoms. The number of nitrogens with zero attached hydrogens (tertiary/aromatic N) is 5. The maximum absolute atomic E-state index is 4.77. The Balaban J connectivity index is 1.51. The van der Waals surface area contributed by atoms with E-state index in [2.05, 4.69) is 44.4 Å². The molecule has 3 aromatic heterocycles. The lowest BCUT2D eigenvalue weighted by atomic mass is 10.1. The Kier molecular flexibility index (Phi) is 5.63. The lowest BCUT2D eigenvalue weighted by Gasteiger charge is -2.13. The van der Waals surface area contributed by atoms with Crippen molar-refractivity contribution in [2.45, 2.75) is 33.6 Å². The highest BCUT2D eigenvalue weighted by Crippen LogP contribution is 2.31. The summed E-state index contributed by atoms with van der Waals surface area (Å²) in [5, 5.41) is 12.3. The molecule has 0 aliphatic carbocycles. The van der Waals surface area contributed by atoms with E-state index in [4.69, 9.17) is 4.98 Å². The van der Waals surface area contributed by atoms with Gasteiger partial charge in [0.1, 0.15) is 22.2 Å². The van der Waals surface area contributed by atoms with E-state index in [-0.39, 0.29) is 0 Å². The second-order valence-electron chi connectivity index (χ2n) is 7.09. The third-order valence-corrected chi connectivity index (χ3v) is 5.88. The van der Waals surface area contributed by atoms with Crippen LogP contribution in [-0.2, 0) is 6.42 Å². The molecule has 7 nitrogen and oxygen atoms in total. The molecule has 0 fully saturated rings. The van der Waals surface area contributed by atoms with Gasteiger partial charge < -0.3 is 10.6 Å². The van der Waals surface area contributed by atoms with Gasteiger partial charge in [0, 0.05) is 36.5 Å². The van der Waals surface area contributed by atoms with E-state index < -0.39 is 0 Å². The van der Waals surface area contributed by atoms with Crippen LogP contribution in [0.2, 0.25) is 0 Å². The van der Waals surface area contributed by atoms with Crippen molar-refractivity contribution in [3.05, 3.63) is 28.5 Å². The summed E-state index contributed by atoms with van der Waals surface area (Å²) in [7, 11) is 0. The monoisotopic (exact) mass is 413 g/mol. The number of aliphatic imine (C=N–C) groups is 1.